The lowest BCUT2D eigenvalue weighted by Gasteiger charge is -2.15. The Bertz CT molecular complexity index is 560. The molecule has 1 aromatic carbocycles. The Morgan fingerprint density at radius 3 is 2.71 bits per heavy atom. The van der Waals surface area contributed by atoms with E-state index in [9.17, 15) is 9.90 Å². The number of halogens is 1. The summed E-state index contributed by atoms with van der Waals surface area (Å²) in [5.41, 5.74) is 0.870. The molecule has 0 amide bonds. The van der Waals surface area contributed by atoms with Crippen LogP contribution in [0, 0.1) is 5.92 Å². The third-order valence-corrected chi connectivity index (χ3v) is 4.05. The smallest absolute Gasteiger partial charge is 0.311 e. The number of carbonyl (C=O) groups is 1. The van der Waals surface area contributed by atoms with Crippen molar-refractivity contribution in [1.29, 1.82) is 0 Å². The second-order valence-electron chi connectivity index (χ2n) is 4.39. The van der Waals surface area contributed by atoms with Gasteiger partial charge in [-0.05, 0) is 40.4 Å². The molecular weight excluding hydrogens is 256 g/mol. The van der Waals surface area contributed by atoms with Gasteiger partial charge in [0.25, 0.3) is 0 Å². The number of fused-ring (bicyclic) bond motifs is 1. The molecule has 1 N–H and O–H groups in total. The second-order valence-corrected chi connectivity index (χ2v) is 5.74. The Morgan fingerprint density at radius 2 is 2.12 bits per heavy atom. The molecule has 0 spiro atoms. The summed E-state index contributed by atoms with van der Waals surface area (Å²) in [6.45, 7) is 3.85. The summed E-state index contributed by atoms with van der Waals surface area (Å²) in [7, 11) is 0. The molecule has 2 nitrogen and oxygen atoms in total. The van der Waals surface area contributed by atoms with E-state index in [1.54, 1.807) is 11.3 Å². The van der Waals surface area contributed by atoms with Crippen molar-refractivity contribution < 1.29 is 9.90 Å². The molecule has 1 heterocycles. The zero-order chi connectivity index (χ0) is 12.6. The molecule has 4 heteroatoms. The van der Waals surface area contributed by atoms with Crippen LogP contribution in [-0.4, -0.2) is 11.1 Å². The average molecular weight is 269 g/mol. The molecule has 0 radical (unpaired) electrons. The zero-order valence-electron chi connectivity index (χ0n) is 9.61. The number of benzene rings is 1. The Kier molecular flexibility index (Phi) is 3.40. The van der Waals surface area contributed by atoms with Crippen LogP contribution in [0.1, 0.15) is 25.3 Å². The molecule has 17 heavy (non-hydrogen) atoms. The maximum Gasteiger partial charge on any atom is 0.311 e. The third-order valence-electron chi connectivity index (χ3n) is 2.83. The van der Waals surface area contributed by atoms with Crippen LogP contribution in [0.5, 0.6) is 0 Å². The lowest BCUT2D eigenvalue weighted by molar-refractivity contribution is -0.139. The van der Waals surface area contributed by atoms with Gasteiger partial charge in [-0.25, -0.2) is 0 Å². The first kappa shape index (κ1) is 12.4. The highest BCUT2D eigenvalue weighted by Gasteiger charge is 2.26. The molecule has 0 bridgehead atoms. The molecule has 90 valence electrons. The first-order valence-corrected chi connectivity index (χ1v) is 6.66. The van der Waals surface area contributed by atoms with Crippen LogP contribution in [0.25, 0.3) is 10.1 Å². The first-order valence-electron chi connectivity index (χ1n) is 5.40. The predicted octanol–water partition coefficient (Wildman–Crippen LogP) is 4.38. The second kappa shape index (κ2) is 4.67. The van der Waals surface area contributed by atoms with Gasteiger partial charge >= 0.3 is 5.97 Å². The van der Waals surface area contributed by atoms with Crippen LogP contribution in [0.15, 0.2) is 23.6 Å². The zero-order valence-corrected chi connectivity index (χ0v) is 11.2. The van der Waals surface area contributed by atoms with Crippen LogP contribution in [0.4, 0.5) is 0 Å². The SMILES string of the molecule is CC(C)C(C(=O)O)c1csc2ccc(Cl)cc12. The van der Waals surface area contributed by atoms with E-state index in [1.807, 2.05) is 37.4 Å². The number of rotatable bonds is 3. The van der Waals surface area contributed by atoms with Crippen LogP contribution >= 0.6 is 22.9 Å². The van der Waals surface area contributed by atoms with Crippen molar-refractivity contribution in [3.63, 3.8) is 0 Å². The summed E-state index contributed by atoms with van der Waals surface area (Å²) in [5, 5.41) is 12.9. The standard InChI is InChI=1S/C13H13ClO2S/c1-7(2)12(13(15)16)10-6-17-11-4-3-8(14)5-9(10)11/h3-7,12H,1-2H3,(H,15,16). The highest BCUT2D eigenvalue weighted by Crippen LogP contribution is 2.36. The lowest BCUT2D eigenvalue weighted by Crippen LogP contribution is -2.16. The molecule has 0 aliphatic carbocycles. The highest BCUT2D eigenvalue weighted by atomic mass is 35.5. The van der Waals surface area contributed by atoms with E-state index < -0.39 is 11.9 Å². The molecule has 0 fully saturated rings. The lowest BCUT2D eigenvalue weighted by atomic mass is 9.88. The number of hydrogen-bond acceptors (Lipinski definition) is 2. The summed E-state index contributed by atoms with van der Waals surface area (Å²) in [5.74, 6) is -1.19. The number of thiophene rings is 1. The molecule has 0 aliphatic heterocycles. The summed E-state index contributed by atoms with van der Waals surface area (Å²) in [4.78, 5) is 11.3. The first-order chi connectivity index (χ1) is 8.00. The maximum absolute atomic E-state index is 11.3. The largest absolute Gasteiger partial charge is 0.481 e. The fourth-order valence-corrected chi connectivity index (χ4v) is 3.19. The van der Waals surface area contributed by atoms with Crippen LogP contribution in [0.3, 0.4) is 0 Å². The Balaban J connectivity index is 2.61. The molecule has 1 unspecified atom stereocenters. The van der Waals surface area contributed by atoms with Crippen molar-refractivity contribution in [1.82, 2.24) is 0 Å². The molecule has 0 saturated carbocycles. The molecule has 2 aromatic rings. The number of hydrogen-bond donors (Lipinski definition) is 1. The van der Waals surface area contributed by atoms with Gasteiger partial charge in [-0.3, -0.25) is 4.79 Å². The normalized spacial score (nSPS) is 13.2. The molecule has 1 aromatic heterocycles. The van der Waals surface area contributed by atoms with Gasteiger partial charge in [0.1, 0.15) is 0 Å². The average Bonchev–Trinajstić information content (AvgIpc) is 2.60. The van der Waals surface area contributed by atoms with Gasteiger partial charge in [-0.2, -0.15) is 0 Å². The van der Waals surface area contributed by atoms with Gasteiger partial charge in [-0.1, -0.05) is 25.4 Å². The quantitative estimate of drug-likeness (QED) is 0.897. The van der Waals surface area contributed by atoms with Gasteiger partial charge < -0.3 is 5.11 Å². The number of aliphatic carboxylic acids is 1. The molecule has 0 aliphatic rings. The molecule has 1 atom stereocenters. The van der Waals surface area contributed by atoms with Crippen LogP contribution in [0.2, 0.25) is 5.02 Å². The van der Waals surface area contributed by atoms with E-state index in [0.717, 1.165) is 15.6 Å². The van der Waals surface area contributed by atoms with Crippen LogP contribution in [-0.2, 0) is 4.79 Å². The van der Waals surface area contributed by atoms with E-state index in [0.29, 0.717) is 5.02 Å². The van der Waals surface area contributed by atoms with Gasteiger partial charge in [0.15, 0.2) is 0 Å². The fraction of sp³-hybridized carbons (Fsp3) is 0.308. The highest BCUT2D eigenvalue weighted by molar-refractivity contribution is 7.17. The van der Waals surface area contributed by atoms with E-state index >= 15 is 0 Å². The van der Waals surface area contributed by atoms with Crippen molar-refractivity contribution in [2.75, 3.05) is 0 Å². The topological polar surface area (TPSA) is 37.3 Å². The van der Waals surface area contributed by atoms with Crippen molar-refractivity contribution >= 4 is 39.0 Å². The van der Waals surface area contributed by atoms with Gasteiger partial charge in [0.05, 0.1) is 5.92 Å². The minimum atomic E-state index is -0.778. The minimum absolute atomic E-state index is 0.0595. The molecular formula is C13H13ClO2S. The summed E-state index contributed by atoms with van der Waals surface area (Å²) in [6.07, 6.45) is 0. The van der Waals surface area contributed by atoms with Crippen molar-refractivity contribution in [3.8, 4) is 0 Å². The molecule has 2 rings (SSSR count). The summed E-state index contributed by atoms with van der Waals surface area (Å²) < 4.78 is 1.08. The molecule has 0 saturated heterocycles. The fourth-order valence-electron chi connectivity index (χ4n) is 2.04. The van der Waals surface area contributed by atoms with Gasteiger partial charge in [0.2, 0.25) is 0 Å². The van der Waals surface area contributed by atoms with Gasteiger partial charge in [-0.15, -0.1) is 11.3 Å². The Morgan fingerprint density at radius 1 is 1.41 bits per heavy atom. The number of carboxylic acid groups (broad SMARTS) is 1. The predicted molar refractivity (Wildman–Crippen MR) is 72.0 cm³/mol. The number of carboxylic acids is 1. The van der Waals surface area contributed by atoms with Crippen molar-refractivity contribution in [3.05, 3.63) is 34.2 Å². The van der Waals surface area contributed by atoms with E-state index in [1.165, 1.54) is 0 Å². The maximum atomic E-state index is 11.3. The minimum Gasteiger partial charge on any atom is -0.481 e. The third kappa shape index (κ3) is 2.31. The monoisotopic (exact) mass is 268 g/mol. The van der Waals surface area contributed by atoms with Crippen molar-refractivity contribution in [2.24, 2.45) is 5.92 Å². The summed E-state index contributed by atoms with van der Waals surface area (Å²) >= 11 is 7.53. The van der Waals surface area contributed by atoms with Crippen molar-refractivity contribution in [2.45, 2.75) is 19.8 Å². The van der Waals surface area contributed by atoms with E-state index in [4.69, 9.17) is 11.6 Å². The summed E-state index contributed by atoms with van der Waals surface area (Å²) in [6, 6.07) is 5.61. The Labute approximate surface area is 109 Å². The van der Waals surface area contributed by atoms with Crippen LogP contribution < -0.4 is 0 Å². The Hall–Kier alpha value is -1.06. The van der Waals surface area contributed by atoms with E-state index in [-0.39, 0.29) is 5.92 Å². The van der Waals surface area contributed by atoms with Gasteiger partial charge in [0, 0.05) is 9.72 Å². The van der Waals surface area contributed by atoms with E-state index in [2.05, 4.69) is 0 Å².